The molecule has 1 fully saturated rings. The topological polar surface area (TPSA) is 37.8 Å². The van der Waals surface area contributed by atoms with Gasteiger partial charge in [-0.2, -0.15) is 11.8 Å². The van der Waals surface area contributed by atoms with Crippen LogP contribution < -0.4 is 5.32 Å². The molecule has 0 aromatic carbocycles. The van der Waals surface area contributed by atoms with Crippen LogP contribution in [0.15, 0.2) is 6.20 Å². The molecule has 0 saturated carbocycles. The van der Waals surface area contributed by atoms with Crippen molar-refractivity contribution in [2.24, 2.45) is 5.92 Å². The van der Waals surface area contributed by atoms with E-state index in [1.807, 2.05) is 31.8 Å². The van der Waals surface area contributed by atoms with Crippen molar-refractivity contribution >= 4 is 17.6 Å². The molecule has 2 heterocycles. The molecule has 0 amide bonds. The van der Waals surface area contributed by atoms with E-state index in [1.165, 1.54) is 17.9 Å². The molecule has 1 saturated heterocycles. The Hall–Kier alpha value is -0.770. The highest BCUT2D eigenvalue weighted by Crippen LogP contribution is 2.23. The predicted molar refractivity (Wildman–Crippen MR) is 65.4 cm³/mol. The third-order valence-corrected chi connectivity index (χ3v) is 4.02. The van der Waals surface area contributed by atoms with E-state index in [1.54, 1.807) is 0 Å². The van der Waals surface area contributed by atoms with Crippen molar-refractivity contribution in [1.29, 1.82) is 0 Å². The first kappa shape index (κ1) is 10.7. The highest BCUT2D eigenvalue weighted by molar-refractivity contribution is 7.99. The highest BCUT2D eigenvalue weighted by atomic mass is 32.2. The van der Waals surface area contributed by atoms with Gasteiger partial charge in [0.15, 0.2) is 0 Å². The van der Waals surface area contributed by atoms with E-state index >= 15 is 0 Å². The average molecular weight is 223 g/mol. The first-order chi connectivity index (χ1) is 7.25. The van der Waals surface area contributed by atoms with Crippen LogP contribution in [0, 0.1) is 19.8 Å². The minimum atomic E-state index is 0.804. The maximum atomic E-state index is 4.45. The Morgan fingerprint density at radius 1 is 1.47 bits per heavy atom. The largest absolute Gasteiger partial charge is 0.368 e. The lowest BCUT2D eigenvalue weighted by Gasteiger charge is -2.10. The van der Waals surface area contributed by atoms with Gasteiger partial charge in [0, 0.05) is 6.54 Å². The van der Waals surface area contributed by atoms with Gasteiger partial charge in [-0.1, -0.05) is 0 Å². The monoisotopic (exact) mass is 223 g/mol. The molecule has 3 nitrogen and oxygen atoms in total. The van der Waals surface area contributed by atoms with Crippen LogP contribution in [-0.2, 0) is 0 Å². The van der Waals surface area contributed by atoms with Crippen molar-refractivity contribution in [3.05, 3.63) is 17.6 Å². The summed E-state index contributed by atoms with van der Waals surface area (Å²) < 4.78 is 0. The number of nitrogens with one attached hydrogen (secondary N) is 1. The fourth-order valence-electron chi connectivity index (χ4n) is 1.62. The second kappa shape index (κ2) is 4.84. The molecular weight excluding hydrogens is 206 g/mol. The van der Waals surface area contributed by atoms with E-state index < -0.39 is 0 Å². The molecular formula is C11H17N3S. The second-order valence-electron chi connectivity index (χ2n) is 4.04. The zero-order valence-corrected chi connectivity index (χ0v) is 10.1. The Labute approximate surface area is 95.1 Å². The van der Waals surface area contributed by atoms with E-state index in [2.05, 4.69) is 15.3 Å². The molecule has 1 aliphatic heterocycles. The summed E-state index contributed by atoms with van der Waals surface area (Å²) >= 11 is 2.05. The van der Waals surface area contributed by atoms with Gasteiger partial charge in [0.1, 0.15) is 5.82 Å². The summed E-state index contributed by atoms with van der Waals surface area (Å²) in [6.45, 7) is 5.02. The summed E-state index contributed by atoms with van der Waals surface area (Å²) in [5, 5.41) is 3.37. The number of aryl methyl sites for hydroxylation is 2. The lowest BCUT2D eigenvalue weighted by molar-refractivity contribution is 0.630. The predicted octanol–water partition coefficient (Wildman–Crippen LogP) is 2.26. The fourth-order valence-corrected chi connectivity index (χ4v) is 2.90. The summed E-state index contributed by atoms with van der Waals surface area (Å²) in [6.07, 6.45) is 3.15. The number of hydrogen-bond donors (Lipinski definition) is 1. The van der Waals surface area contributed by atoms with Crippen LogP contribution in [0.3, 0.4) is 0 Å². The van der Waals surface area contributed by atoms with Gasteiger partial charge < -0.3 is 5.32 Å². The zero-order chi connectivity index (χ0) is 10.7. The Balaban J connectivity index is 1.90. The number of thioether (sulfide) groups is 1. The molecule has 1 aliphatic rings. The standard InChI is InChI=1S/C11H17N3S/c1-8-9(2)14-11(6-12-8)13-5-10-3-4-15-7-10/h6,10H,3-5,7H2,1-2H3,(H,13,14). The van der Waals surface area contributed by atoms with E-state index in [4.69, 9.17) is 0 Å². The molecule has 1 N–H and O–H groups in total. The van der Waals surface area contributed by atoms with Gasteiger partial charge in [-0.05, 0) is 37.7 Å². The van der Waals surface area contributed by atoms with Crippen LogP contribution in [0.1, 0.15) is 17.8 Å². The Morgan fingerprint density at radius 2 is 2.33 bits per heavy atom. The molecule has 0 bridgehead atoms. The zero-order valence-electron chi connectivity index (χ0n) is 9.29. The van der Waals surface area contributed by atoms with Gasteiger partial charge in [-0.3, -0.25) is 4.98 Å². The number of hydrogen-bond acceptors (Lipinski definition) is 4. The first-order valence-corrected chi connectivity index (χ1v) is 6.53. The van der Waals surface area contributed by atoms with Gasteiger partial charge in [0.25, 0.3) is 0 Å². The number of aromatic nitrogens is 2. The summed E-state index contributed by atoms with van der Waals surface area (Å²) in [7, 11) is 0. The van der Waals surface area contributed by atoms with Crippen molar-refractivity contribution in [3.63, 3.8) is 0 Å². The molecule has 1 aromatic rings. The van der Waals surface area contributed by atoms with Crippen molar-refractivity contribution in [2.45, 2.75) is 20.3 Å². The van der Waals surface area contributed by atoms with Crippen LogP contribution in [-0.4, -0.2) is 28.0 Å². The summed E-state index contributed by atoms with van der Waals surface area (Å²) in [5.74, 6) is 4.31. The van der Waals surface area contributed by atoms with Gasteiger partial charge >= 0.3 is 0 Å². The second-order valence-corrected chi connectivity index (χ2v) is 5.19. The van der Waals surface area contributed by atoms with Crippen molar-refractivity contribution in [2.75, 3.05) is 23.4 Å². The third-order valence-electron chi connectivity index (χ3n) is 2.79. The van der Waals surface area contributed by atoms with Crippen LogP contribution in [0.25, 0.3) is 0 Å². The van der Waals surface area contributed by atoms with Gasteiger partial charge in [0.05, 0.1) is 17.6 Å². The Morgan fingerprint density at radius 3 is 3.00 bits per heavy atom. The normalized spacial score (nSPS) is 20.5. The van der Waals surface area contributed by atoms with E-state index in [-0.39, 0.29) is 0 Å². The van der Waals surface area contributed by atoms with E-state index in [9.17, 15) is 0 Å². The van der Waals surface area contributed by atoms with Gasteiger partial charge in [-0.25, -0.2) is 4.98 Å². The number of nitrogens with zero attached hydrogens (tertiary/aromatic N) is 2. The van der Waals surface area contributed by atoms with Crippen molar-refractivity contribution in [3.8, 4) is 0 Å². The highest BCUT2D eigenvalue weighted by Gasteiger charge is 2.15. The smallest absolute Gasteiger partial charge is 0.144 e. The molecule has 15 heavy (non-hydrogen) atoms. The van der Waals surface area contributed by atoms with E-state index in [0.29, 0.717) is 0 Å². The lowest BCUT2D eigenvalue weighted by Crippen LogP contribution is -2.14. The maximum absolute atomic E-state index is 4.45. The fraction of sp³-hybridized carbons (Fsp3) is 0.636. The summed E-state index contributed by atoms with van der Waals surface area (Å²) in [5.41, 5.74) is 2.03. The van der Waals surface area contributed by atoms with Crippen LogP contribution >= 0.6 is 11.8 Å². The van der Waals surface area contributed by atoms with Crippen molar-refractivity contribution < 1.29 is 0 Å². The van der Waals surface area contributed by atoms with Crippen LogP contribution in [0.5, 0.6) is 0 Å². The molecule has 1 unspecified atom stereocenters. The molecule has 1 aromatic heterocycles. The van der Waals surface area contributed by atoms with Gasteiger partial charge in [0.2, 0.25) is 0 Å². The molecule has 0 radical (unpaired) electrons. The number of rotatable bonds is 3. The quantitative estimate of drug-likeness (QED) is 0.853. The first-order valence-electron chi connectivity index (χ1n) is 5.37. The third kappa shape index (κ3) is 2.84. The number of anilines is 1. The Bertz CT molecular complexity index is 335. The van der Waals surface area contributed by atoms with Gasteiger partial charge in [-0.15, -0.1) is 0 Å². The van der Waals surface area contributed by atoms with Crippen LogP contribution in [0.2, 0.25) is 0 Å². The van der Waals surface area contributed by atoms with Crippen LogP contribution in [0.4, 0.5) is 5.82 Å². The van der Waals surface area contributed by atoms with Crippen molar-refractivity contribution in [1.82, 2.24) is 9.97 Å². The SMILES string of the molecule is Cc1ncc(NCC2CCSC2)nc1C. The molecule has 0 spiro atoms. The van der Waals surface area contributed by atoms with E-state index in [0.717, 1.165) is 29.7 Å². The minimum Gasteiger partial charge on any atom is -0.368 e. The average Bonchev–Trinajstić information content (AvgIpc) is 2.73. The molecule has 0 aliphatic carbocycles. The molecule has 82 valence electrons. The lowest BCUT2D eigenvalue weighted by atomic mass is 10.1. The Kier molecular flexibility index (Phi) is 3.46. The molecule has 2 rings (SSSR count). The minimum absolute atomic E-state index is 0.804. The summed E-state index contributed by atoms with van der Waals surface area (Å²) in [6, 6.07) is 0. The maximum Gasteiger partial charge on any atom is 0.144 e. The summed E-state index contributed by atoms with van der Waals surface area (Å²) in [4.78, 5) is 8.75. The molecule has 4 heteroatoms. The molecule has 1 atom stereocenters.